The second kappa shape index (κ2) is 5.95. The number of unbranched alkanes of at least 4 members (excludes halogenated alkanes) is 2. The van der Waals surface area contributed by atoms with Crippen molar-refractivity contribution in [2.45, 2.75) is 51.5 Å². The molecule has 5 heteroatoms. The SMILES string of the molecule is CCCCCN1C=C[N+](C2CCC2)(N(C#N)C#N)C1. The molecular weight excluding hydrogens is 238 g/mol. The average molecular weight is 260 g/mol. The Balaban J connectivity index is 2.04. The van der Waals surface area contributed by atoms with Gasteiger partial charge in [0.15, 0.2) is 6.67 Å². The summed E-state index contributed by atoms with van der Waals surface area (Å²) in [6.45, 7) is 3.94. The Hall–Kier alpha value is -1.72. The molecular formula is C14H22N5+. The molecule has 0 radical (unpaired) electrons. The number of quaternary nitrogens is 1. The van der Waals surface area contributed by atoms with Crippen molar-refractivity contribution >= 4 is 0 Å². The van der Waals surface area contributed by atoms with E-state index in [1.54, 1.807) is 0 Å². The molecule has 1 saturated carbocycles. The molecule has 0 amide bonds. The second-order valence-corrected chi connectivity index (χ2v) is 5.44. The molecule has 1 aliphatic carbocycles. The lowest BCUT2D eigenvalue weighted by atomic mass is 9.91. The van der Waals surface area contributed by atoms with Crippen LogP contribution in [0.25, 0.3) is 0 Å². The lowest BCUT2D eigenvalue weighted by molar-refractivity contribution is -0.999. The van der Waals surface area contributed by atoms with Crippen molar-refractivity contribution < 1.29 is 4.59 Å². The van der Waals surface area contributed by atoms with Crippen molar-refractivity contribution in [1.29, 1.82) is 10.5 Å². The Labute approximate surface area is 115 Å². The number of hydrogen-bond acceptors (Lipinski definition) is 4. The van der Waals surface area contributed by atoms with Gasteiger partial charge in [0.25, 0.3) is 0 Å². The summed E-state index contributed by atoms with van der Waals surface area (Å²) in [4.78, 5) is 2.25. The van der Waals surface area contributed by atoms with Crippen molar-refractivity contribution in [1.82, 2.24) is 9.91 Å². The maximum absolute atomic E-state index is 9.21. The lowest BCUT2D eigenvalue weighted by Gasteiger charge is -2.43. The summed E-state index contributed by atoms with van der Waals surface area (Å²) in [6.07, 6.45) is 15.2. The monoisotopic (exact) mass is 260 g/mol. The Morgan fingerprint density at radius 2 is 2.05 bits per heavy atom. The predicted octanol–water partition coefficient (Wildman–Crippen LogP) is 2.47. The zero-order valence-electron chi connectivity index (χ0n) is 11.6. The van der Waals surface area contributed by atoms with Gasteiger partial charge in [-0.15, -0.1) is 0 Å². The summed E-state index contributed by atoms with van der Waals surface area (Å²) in [5, 5.41) is 19.7. The Morgan fingerprint density at radius 1 is 1.32 bits per heavy atom. The quantitative estimate of drug-likeness (QED) is 0.318. The van der Waals surface area contributed by atoms with Crippen LogP contribution in [0.1, 0.15) is 45.4 Å². The number of hydrogen-bond donors (Lipinski definition) is 0. The van der Waals surface area contributed by atoms with Crippen LogP contribution in [0, 0.1) is 22.9 Å². The van der Waals surface area contributed by atoms with E-state index in [0.29, 0.717) is 10.6 Å². The largest absolute Gasteiger partial charge is 0.324 e. The zero-order valence-corrected chi connectivity index (χ0v) is 11.6. The molecule has 2 aliphatic rings. The highest BCUT2D eigenvalue weighted by Gasteiger charge is 2.49. The van der Waals surface area contributed by atoms with E-state index in [9.17, 15) is 10.5 Å². The standard InChI is InChI=1S/C14H22N5/c1-2-3-4-8-17-9-10-19(13-17,14-6-5-7-14)18(11-15)12-16/h9-10,14H,2-8,13H2,1H3/q+1. The third kappa shape index (κ3) is 2.52. The first-order chi connectivity index (χ1) is 9.26. The molecule has 0 N–H and O–H groups in total. The maximum Gasteiger partial charge on any atom is 0.247 e. The van der Waals surface area contributed by atoms with Crippen molar-refractivity contribution in [3.05, 3.63) is 12.4 Å². The van der Waals surface area contributed by atoms with Gasteiger partial charge in [0.1, 0.15) is 12.2 Å². The Morgan fingerprint density at radius 3 is 2.58 bits per heavy atom. The highest BCUT2D eigenvalue weighted by molar-refractivity contribution is 4.91. The third-order valence-electron chi connectivity index (χ3n) is 4.26. The summed E-state index contributed by atoms with van der Waals surface area (Å²) in [5.74, 6) is 0. The molecule has 1 aliphatic heterocycles. The molecule has 2 rings (SSSR count). The van der Waals surface area contributed by atoms with Crippen molar-refractivity contribution in [3.63, 3.8) is 0 Å². The minimum Gasteiger partial charge on any atom is -0.324 e. The maximum atomic E-state index is 9.21. The predicted molar refractivity (Wildman–Crippen MR) is 71.2 cm³/mol. The van der Waals surface area contributed by atoms with Crippen LogP contribution in [0.2, 0.25) is 0 Å². The van der Waals surface area contributed by atoms with Gasteiger partial charge in [-0.1, -0.05) is 19.8 Å². The first-order valence-electron chi connectivity index (χ1n) is 7.17. The molecule has 5 nitrogen and oxygen atoms in total. The van der Waals surface area contributed by atoms with Gasteiger partial charge in [0.05, 0.1) is 6.20 Å². The number of nitriles is 2. The fourth-order valence-electron chi connectivity index (χ4n) is 2.86. The Bertz CT molecular complexity index is 401. The van der Waals surface area contributed by atoms with Gasteiger partial charge in [-0.2, -0.15) is 15.1 Å². The van der Waals surface area contributed by atoms with Crippen molar-refractivity contribution in [2.75, 3.05) is 13.2 Å². The first-order valence-corrected chi connectivity index (χ1v) is 7.17. The van der Waals surface area contributed by atoms with Gasteiger partial charge < -0.3 is 4.90 Å². The fraction of sp³-hybridized carbons (Fsp3) is 0.714. The van der Waals surface area contributed by atoms with Gasteiger partial charge in [-0.05, 0) is 17.9 Å². The summed E-state index contributed by atoms with van der Waals surface area (Å²) < 4.78 is 0.388. The van der Waals surface area contributed by atoms with Crippen LogP contribution in [0.15, 0.2) is 12.4 Å². The summed E-state index contributed by atoms with van der Waals surface area (Å²) in [5.41, 5.74) is 0. The fourth-order valence-corrected chi connectivity index (χ4v) is 2.86. The summed E-state index contributed by atoms with van der Waals surface area (Å²) >= 11 is 0. The van der Waals surface area contributed by atoms with E-state index in [4.69, 9.17) is 0 Å². The smallest absolute Gasteiger partial charge is 0.247 e. The summed E-state index contributed by atoms with van der Waals surface area (Å²) in [7, 11) is 0. The molecule has 0 aromatic heterocycles. The van der Waals surface area contributed by atoms with E-state index in [2.05, 4.69) is 18.0 Å². The highest BCUT2D eigenvalue weighted by atomic mass is 15.8. The normalized spacial score (nSPS) is 25.7. The zero-order chi connectivity index (χ0) is 13.7. The molecule has 19 heavy (non-hydrogen) atoms. The molecule has 1 fully saturated rings. The molecule has 1 heterocycles. The van der Waals surface area contributed by atoms with Crippen LogP contribution in [-0.2, 0) is 0 Å². The van der Waals surface area contributed by atoms with Crippen LogP contribution >= 0.6 is 0 Å². The van der Waals surface area contributed by atoms with Crippen LogP contribution in [-0.4, -0.2) is 33.8 Å². The summed E-state index contributed by atoms with van der Waals surface area (Å²) in [6, 6.07) is 0.395. The van der Waals surface area contributed by atoms with E-state index in [-0.39, 0.29) is 0 Å². The first kappa shape index (κ1) is 13.7. The van der Waals surface area contributed by atoms with Crippen molar-refractivity contribution in [2.24, 2.45) is 0 Å². The van der Waals surface area contributed by atoms with E-state index in [1.165, 1.54) is 30.7 Å². The van der Waals surface area contributed by atoms with E-state index in [1.807, 2.05) is 18.6 Å². The minimum absolute atomic E-state index is 0.388. The minimum atomic E-state index is 0.388. The molecule has 0 aromatic carbocycles. The molecule has 0 saturated heterocycles. The topological polar surface area (TPSA) is 54.1 Å². The lowest BCUT2D eigenvalue weighted by Crippen LogP contribution is -2.61. The van der Waals surface area contributed by atoms with Gasteiger partial charge >= 0.3 is 0 Å². The van der Waals surface area contributed by atoms with Crippen LogP contribution < -0.4 is 0 Å². The molecule has 1 atom stereocenters. The van der Waals surface area contributed by atoms with Gasteiger partial charge in [-0.3, -0.25) is 0 Å². The number of rotatable bonds is 6. The highest BCUT2D eigenvalue weighted by Crippen LogP contribution is 2.36. The van der Waals surface area contributed by atoms with Gasteiger partial charge in [-0.25, -0.2) is 0 Å². The van der Waals surface area contributed by atoms with Crippen LogP contribution in [0.5, 0.6) is 0 Å². The Kier molecular flexibility index (Phi) is 4.29. The van der Waals surface area contributed by atoms with Crippen LogP contribution in [0.4, 0.5) is 0 Å². The van der Waals surface area contributed by atoms with Crippen LogP contribution in [0.3, 0.4) is 0 Å². The molecule has 0 aromatic rings. The molecule has 0 spiro atoms. The second-order valence-electron chi connectivity index (χ2n) is 5.44. The molecule has 1 unspecified atom stereocenters. The molecule has 102 valence electrons. The number of nitrogens with zero attached hydrogens (tertiary/aromatic N) is 5. The van der Waals surface area contributed by atoms with Gasteiger partial charge in [0, 0.05) is 19.4 Å². The van der Waals surface area contributed by atoms with E-state index in [0.717, 1.165) is 26.1 Å². The van der Waals surface area contributed by atoms with E-state index >= 15 is 0 Å². The third-order valence-corrected chi connectivity index (χ3v) is 4.26. The average Bonchev–Trinajstić information content (AvgIpc) is 2.74. The van der Waals surface area contributed by atoms with Gasteiger partial charge in [0.2, 0.25) is 12.4 Å². The van der Waals surface area contributed by atoms with Crippen molar-refractivity contribution in [3.8, 4) is 12.4 Å². The van der Waals surface area contributed by atoms with E-state index < -0.39 is 0 Å². The molecule has 0 bridgehead atoms.